The maximum atomic E-state index is 13.1. The lowest BCUT2D eigenvalue weighted by atomic mass is 10.1. The number of piperazine rings is 1. The average molecular weight is 406 g/mol. The fraction of sp³-hybridized carbons (Fsp3) is 0.455. The number of aromatic nitrogens is 2. The fourth-order valence-corrected chi connectivity index (χ4v) is 4.07. The van der Waals surface area contributed by atoms with E-state index in [-0.39, 0.29) is 18.4 Å². The topological polar surface area (TPSA) is 81.7 Å². The summed E-state index contributed by atoms with van der Waals surface area (Å²) in [5.74, 6) is 1.29. The summed E-state index contributed by atoms with van der Waals surface area (Å²) in [4.78, 5) is 40.4. The van der Waals surface area contributed by atoms with Crippen molar-refractivity contribution < 1.29 is 9.59 Å². The largest absolute Gasteiger partial charge is 0.359 e. The molecule has 1 aliphatic carbocycles. The molecule has 1 saturated carbocycles. The van der Waals surface area contributed by atoms with E-state index in [0.29, 0.717) is 30.4 Å². The van der Waals surface area contributed by atoms with Gasteiger partial charge in [0.15, 0.2) is 0 Å². The van der Waals surface area contributed by atoms with Gasteiger partial charge < -0.3 is 15.1 Å². The second-order valence-corrected chi connectivity index (χ2v) is 8.28. The van der Waals surface area contributed by atoms with Gasteiger partial charge in [0.05, 0.1) is 23.5 Å². The molecule has 156 valence electrons. The SMILES string of the molecule is O=C(c1cnc2c(c1)N(CC1CC1)C(=O)CN2)N1CCN(Cc2ccccn2)CC1. The molecule has 5 rings (SSSR count). The number of pyridine rings is 2. The van der Waals surface area contributed by atoms with Crippen molar-refractivity contribution in [2.75, 3.05) is 49.5 Å². The number of fused-ring (bicyclic) bond motifs is 1. The molecule has 1 saturated heterocycles. The Morgan fingerprint density at radius 2 is 1.97 bits per heavy atom. The summed E-state index contributed by atoms with van der Waals surface area (Å²) in [5.41, 5.74) is 2.33. The molecule has 8 nitrogen and oxygen atoms in total. The predicted octanol–water partition coefficient (Wildman–Crippen LogP) is 1.60. The molecule has 0 spiro atoms. The summed E-state index contributed by atoms with van der Waals surface area (Å²) in [7, 11) is 0. The van der Waals surface area contributed by atoms with Crippen molar-refractivity contribution in [1.29, 1.82) is 0 Å². The molecule has 0 radical (unpaired) electrons. The third kappa shape index (κ3) is 4.00. The summed E-state index contributed by atoms with van der Waals surface area (Å²) >= 11 is 0. The van der Waals surface area contributed by atoms with Gasteiger partial charge in [-0.1, -0.05) is 6.07 Å². The highest BCUT2D eigenvalue weighted by molar-refractivity contribution is 6.04. The molecule has 2 aromatic rings. The van der Waals surface area contributed by atoms with E-state index in [2.05, 4.69) is 20.2 Å². The maximum Gasteiger partial charge on any atom is 0.255 e. The van der Waals surface area contributed by atoms with Gasteiger partial charge in [-0.3, -0.25) is 19.5 Å². The van der Waals surface area contributed by atoms with Crippen molar-refractivity contribution in [3.63, 3.8) is 0 Å². The monoisotopic (exact) mass is 406 g/mol. The van der Waals surface area contributed by atoms with Gasteiger partial charge in [-0.15, -0.1) is 0 Å². The smallest absolute Gasteiger partial charge is 0.255 e. The van der Waals surface area contributed by atoms with Crippen molar-refractivity contribution in [3.05, 3.63) is 47.9 Å². The lowest BCUT2D eigenvalue weighted by Crippen LogP contribution is -2.48. The summed E-state index contributed by atoms with van der Waals surface area (Å²) in [6, 6.07) is 7.77. The van der Waals surface area contributed by atoms with Crippen LogP contribution in [0.5, 0.6) is 0 Å². The first-order valence-corrected chi connectivity index (χ1v) is 10.6. The van der Waals surface area contributed by atoms with Crippen LogP contribution in [0.25, 0.3) is 0 Å². The molecule has 30 heavy (non-hydrogen) atoms. The molecule has 2 aliphatic heterocycles. The molecule has 0 bridgehead atoms. The average Bonchev–Trinajstić information content (AvgIpc) is 3.60. The van der Waals surface area contributed by atoms with E-state index in [1.54, 1.807) is 11.1 Å². The van der Waals surface area contributed by atoms with Crippen molar-refractivity contribution in [1.82, 2.24) is 19.8 Å². The Hall–Kier alpha value is -3.00. The first-order valence-electron chi connectivity index (χ1n) is 10.6. The van der Waals surface area contributed by atoms with E-state index in [1.165, 1.54) is 12.8 Å². The van der Waals surface area contributed by atoms with E-state index in [4.69, 9.17) is 0 Å². The number of carbonyl (C=O) groups is 2. The van der Waals surface area contributed by atoms with Crippen LogP contribution >= 0.6 is 0 Å². The molecule has 4 heterocycles. The molecule has 1 N–H and O–H groups in total. The fourth-order valence-electron chi connectivity index (χ4n) is 4.07. The highest BCUT2D eigenvalue weighted by Crippen LogP contribution is 2.35. The van der Waals surface area contributed by atoms with Crippen LogP contribution in [0, 0.1) is 5.92 Å². The molecule has 2 aromatic heterocycles. The molecule has 8 heteroatoms. The van der Waals surface area contributed by atoms with Crippen molar-refractivity contribution >= 4 is 23.3 Å². The molecule has 2 amide bonds. The van der Waals surface area contributed by atoms with Gasteiger partial charge in [0.1, 0.15) is 5.82 Å². The number of nitrogens with one attached hydrogen (secondary N) is 1. The Morgan fingerprint density at radius 3 is 2.70 bits per heavy atom. The number of nitrogens with zero attached hydrogens (tertiary/aromatic N) is 5. The Morgan fingerprint density at radius 1 is 1.13 bits per heavy atom. The van der Waals surface area contributed by atoms with E-state index < -0.39 is 0 Å². The van der Waals surface area contributed by atoms with Gasteiger partial charge in [0.25, 0.3) is 5.91 Å². The molecule has 0 aromatic carbocycles. The number of rotatable bonds is 5. The van der Waals surface area contributed by atoms with Gasteiger partial charge in [-0.2, -0.15) is 0 Å². The molecular formula is C22H26N6O2. The van der Waals surface area contributed by atoms with Crippen molar-refractivity contribution in [2.45, 2.75) is 19.4 Å². The second kappa shape index (κ2) is 8.02. The van der Waals surface area contributed by atoms with Gasteiger partial charge in [0.2, 0.25) is 5.91 Å². The van der Waals surface area contributed by atoms with Crippen LogP contribution in [-0.2, 0) is 11.3 Å². The van der Waals surface area contributed by atoms with E-state index >= 15 is 0 Å². The molecular weight excluding hydrogens is 380 g/mol. The van der Waals surface area contributed by atoms with Crippen molar-refractivity contribution in [2.24, 2.45) is 5.92 Å². The summed E-state index contributed by atoms with van der Waals surface area (Å²) < 4.78 is 0. The Bertz CT molecular complexity index is 938. The lowest BCUT2D eigenvalue weighted by molar-refractivity contribution is -0.117. The van der Waals surface area contributed by atoms with Gasteiger partial charge in [-0.05, 0) is 37.0 Å². The normalized spacial score (nSPS) is 19.4. The Kier molecular flexibility index (Phi) is 5.08. The number of carbonyl (C=O) groups excluding carboxylic acids is 2. The first-order chi connectivity index (χ1) is 14.7. The van der Waals surface area contributed by atoms with E-state index in [1.807, 2.05) is 35.4 Å². The quantitative estimate of drug-likeness (QED) is 0.812. The lowest BCUT2D eigenvalue weighted by Gasteiger charge is -2.35. The zero-order valence-electron chi connectivity index (χ0n) is 17.0. The summed E-state index contributed by atoms with van der Waals surface area (Å²) in [6.45, 7) is 4.75. The first kappa shape index (κ1) is 19.0. The summed E-state index contributed by atoms with van der Waals surface area (Å²) in [5, 5.41) is 3.07. The van der Waals surface area contributed by atoms with Gasteiger partial charge in [-0.25, -0.2) is 4.98 Å². The summed E-state index contributed by atoms with van der Waals surface area (Å²) in [6.07, 6.45) is 5.77. The third-order valence-electron chi connectivity index (χ3n) is 6.02. The van der Waals surface area contributed by atoms with Crippen LogP contribution in [0.2, 0.25) is 0 Å². The van der Waals surface area contributed by atoms with Gasteiger partial charge in [0, 0.05) is 51.7 Å². The minimum absolute atomic E-state index is 0.0211. The van der Waals surface area contributed by atoms with Crippen LogP contribution in [0.4, 0.5) is 11.5 Å². The minimum atomic E-state index is -0.0211. The number of amides is 2. The highest BCUT2D eigenvalue weighted by Gasteiger charge is 2.32. The Labute approximate surface area is 175 Å². The molecule has 0 unspecified atom stereocenters. The van der Waals surface area contributed by atoms with Crippen LogP contribution in [0.3, 0.4) is 0 Å². The molecule has 3 aliphatic rings. The second-order valence-electron chi connectivity index (χ2n) is 8.28. The molecule has 0 atom stereocenters. The van der Waals surface area contributed by atoms with Crippen LogP contribution in [-0.4, -0.2) is 70.9 Å². The zero-order valence-corrected chi connectivity index (χ0v) is 17.0. The van der Waals surface area contributed by atoms with E-state index in [0.717, 1.165) is 37.6 Å². The zero-order chi connectivity index (χ0) is 20.5. The highest BCUT2D eigenvalue weighted by atomic mass is 16.2. The number of hydrogen-bond acceptors (Lipinski definition) is 6. The van der Waals surface area contributed by atoms with Crippen molar-refractivity contribution in [3.8, 4) is 0 Å². The number of hydrogen-bond donors (Lipinski definition) is 1. The minimum Gasteiger partial charge on any atom is -0.359 e. The van der Waals surface area contributed by atoms with Crippen LogP contribution in [0.1, 0.15) is 28.9 Å². The van der Waals surface area contributed by atoms with E-state index in [9.17, 15) is 9.59 Å². The van der Waals surface area contributed by atoms with Gasteiger partial charge >= 0.3 is 0 Å². The molecule has 2 fully saturated rings. The Balaban J connectivity index is 1.25. The maximum absolute atomic E-state index is 13.1. The van der Waals surface area contributed by atoms with Crippen LogP contribution in [0.15, 0.2) is 36.7 Å². The third-order valence-corrected chi connectivity index (χ3v) is 6.02. The number of anilines is 2. The predicted molar refractivity (Wildman–Crippen MR) is 113 cm³/mol. The van der Waals surface area contributed by atoms with Crippen LogP contribution < -0.4 is 10.2 Å². The standard InChI is InChI=1S/C22H26N6O2/c29-20-13-25-21-19(28(20)14-16-4-5-16)11-17(12-24-21)22(30)27-9-7-26(8-10-27)15-18-3-1-2-6-23-18/h1-3,6,11-12,16H,4-5,7-10,13-15H2,(H,24,25).